The highest BCUT2D eigenvalue weighted by atomic mass is 79.9. The number of carboxylic acids is 1. The summed E-state index contributed by atoms with van der Waals surface area (Å²) in [6.45, 7) is 4.61. The zero-order valence-corrected chi connectivity index (χ0v) is 20.0. The van der Waals surface area contributed by atoms with Crippen molar-refractivity contribution in [2.45, 2.75) is 38.2 Å². The Labute approximate surface area is 191 Å². The van der Waals surface area contributed by atoms with E-state index in [0.717, 1.165) is 11.0 Å². The summed E-state index contributed by atoms with van der Waals surface area (Å²) in [5, 5.41) is 30.4. The van der Waals surface area contributed by atoms with Crippen molar-refractivity contribution in [1.82, 2.24) is 0 Å². The van der Waals surface area contributed by atoms with Crippen LogP contribution in [0.3, 0.4) is 0 Å². The first-order chi connectivity index (χ1) is 13.8. The predicted octanol–water partition coefficient (Wildman–Crippen LogP) is 2.89. The molecule has 0 aromatic heterocycles. The lowest BCUT2D eigenvalue weighted by molar-refractivity contribution is -0.890. The number of nitrogens with zero attached hydrogens (tertiary/aromatic N) is 1. The van der Waals surface area contributed by atoms with Gasteiger partial charge in [-0.25, -0.2) is 0 Å². The fourth-order valence-electron chi connectivity index (χ4n) is 3.11. The molecule has 30 heavy (non-hydrogen) atoms. The van der Waals surface area contributed by atoms with E-state index in [2.05, 4.69) is 21.0 Å². The van der Waals surface area contributed by atoms with Crippen LogP contribution in [-0.4, -0.2) is 54.5 Å². The van der Waals surface area contributed by atoms with Crippen LogP contribution in [0, 0.1) is 0 Å². The number of carbonyl (C=O) groups excluding carboxylic acids is 1. The van der Waals surface area contributed by atoms with E-state index in [4.69, 9.17) is 5.11 Å². The van der Waals surface area contributed by atoms with E-state index < -0.39 is 11.6 Å². The summed E-state index contributed by atoms with van der Waals surface area (Å²) in [7, 11) is 4.37. The first-order valence-corrected chi connectivity index (χ1v) is 10.3. The fraction of sp³-hybridized carbons (Fsp3) is 0.458. The average molecular weight is 482 g/mol. The summed E-state index contributed by atoms with van der Waals surface area (Å²) in [4.78, 5) is 11.3. The van der Waals surface area contributed by atoms with Crippen molar-refractivity contribution >= 4 is 23.0 Å². The van der Waals surface area contributed by atoms with Crippen molar-refractivity contribution in [3.05, 3.63) is 71.8 Å². The van der Waals surface area contributed by atoms with E-state index in [1.165, 1.54) is 32.2 Å². The first-order valence-electron chi connectivity index (χ1n) is 10.3. The van der Waals surface area contributed by atoms with Crippen molar-refractivity contribution < 1.29 is 24.6 Å². The van der Waals surface area contributed by atoms with Gasteiger partial charge in [-0.1, -0.05) is 80.4 Å². The second-order valence-corrected chi connectivity index (χ2v) is 7.90. The highest BCUT2D eigenvalue weighted by Crippen LogP contribution is 2.28. The zero-order valence-electron chi connectivity index (χ0n) is 18.3. The Kier molecular flexibility index (Phi) is 13.5. The molecule has 0 atom stereocenters. The summed E-state index contributed by atoms with van der Waals surface area (Å²) in [6.07, 6.45) is 5.27. The van der Waals surface area contributed by atoms with Crippen LogP contribution in [0.1, 0.15) is 43.7 Å². The molecule has 0 spiro atoms. The van der Waals surface area contributed by atoms with Crippen LogP contribution >= 0.6 is 17.0 Å². The third kappa shape index (κ3) is 8.96. The number of quaternary nitrogens is 1. The predicted molar refractivity (Wildman–Crippen MR) is 124 cm³/mol. The highest BCUT2D eigenvalue weighted by Gasteiger charge is 2.32. The van der Waals surface area contributed by atoms with Crippen LogP contribution in [0.25, 0.3) is 0 Å². The molecular formula is C24H36BrNO4. The molecule has 6 heteroatoms. The van der Waals surface area contributed by atoms with Gasteiger partial charge in [-0.15, -0.1) is 17.0 Å². The number of rotatable bonds is 10. The number of likely N-dealkylation sites (N-methyl/N-ethyl adjacent to an activating group) is 1. The van der Waals surface area contributed by atoms with Crippen LogP contribution in [0.5, 0.6) is 0 Å². The van der Waals surface area contributed by atoms with Gasteiger partial charge in [0.15, 0.2) is 5.60 Å². The molecule has 2 aromatic rings. The number of aliphatic carboxylic acids is 1. The standard InChI is InChI=1S/C14H12O3.C10H24NO.BrH/c15-13(16)14(17,11-7-3-1-4-8-11)12-9-5-2-6-10-12;1-4-5-6-7-8-11(2,3)9-10-12;/h1-10,17H,(H,15,16);12H,4-10H2,1-3H3;1H/q;+1;/p-1. The zero-order chi connectivity index (χ0) is 21.8. The topological polar surface area (TPSA) is 80.6 Å². The Morgan fingerprint density at radius 1 is 0.900 bits per heavy atom. The lowest BCUT2D eigenvalue weighted by Crippen LogP contribution is -2.46. The van der Waals surface area contributed by atoms with Gasteiger partial charge in [-0.2, -0.15) is 0 Å². The van der Waals surface area contributed by atoms with E-state index in [9.17, 15) is 15.0 Å². The minimum absolute atomic E-state index is 0. The first kappa shape index (κ1) is 28.3. The summed E-state index contributed by atoms with van der Waals surface area (Å²) >= 11 is 0. The molecular weight excluding hydrogens is 446 g/mol. The second kappa shape index (κ2) is 14.3. The molecule has 0 aliphatic heterocycles. The monoisotopic (exact) mass is 481 g/mol. The second-order valence-electron chi connectivity index (χ2n) is 7.90. The van der Waals surface area contributed by atoms with Crippen LogP contribution < -0.4 is 5.11 Å². The minimum Gasteiger partial charge on any atom is -0.546 e. The van der Waals surface area contributed by atoms with Gasteiger partial charge < -0.3 is 24.6 Å². The smallest absolute Gasteiger partial charge is 0.154 e. The average Bonchev–Trinajstić information content (AvgIpc) is 2.72. The van der Waals surface area contributed by atoms with Gasteiger partial charge in [-0.05, 0) is 24.0 Å². The maximum absolute atomic E-state index is 11.3. The molecule has 2 N–H and O–H groups in total. The lowest BCUT2D eigenvalue weighted by Gasteiger charge is -2.30. The number of hydrogen-bond donors (Lipinski definition) is 2. The molecule has 0 bridgehead atoms. The molecule has 0 radical (unpaired) electrons. The third-order valence-electron chi connectivity index (χ3n) is 5.00. The Morgan fingerprint density at radius 2 is 1.37 bits per heavy atom. The number of unbranched alkanes of at least 4 members (excludes halogenated alkanes) is 3. The van der Waals surface area contributed by atoms with Crippen LogP contribution in [0.4, 0.5) is 0 Å². The molecule has 2 aromatic carbocycles. The molecule has 0 heterocycles. The highest BCUT2D eigenvalue weighted by molar-refractivity contribution is 8.93. The number of benzene rings is 2. The van der Waals surface area contributed by atoms with Gasteiger partial charge >= 0.3 is 0 Å². The summed E-state index contributed by atoms with van der Waals surface area (Å²) < 4.78 is 0.959. The Balaban J connectivity index is 0.000000579. The molecule has 168 valence electrons. The molecule has 5 nitrogen and oxygen atoms in total. The summed E-state index contributed by atoms with van der Waals surface area (Å²) in [6, 6.07) is 16.4. The molecule has 0 amide bonds. The Bertz CT molecular complexity index is 668. The van der Waals surface area contributed by atoms with E-state index >= 15 is 0 Å². The Morgan fingerprint density at radius 3 is 1.73 bits per heavy atom. The van der Waals surface area contributed by atoms with Gasteiger partial charge in [0.05, 0.1) is 33.2 Å². The summed E-state index contributed by atoms with van der Waals surface area (Å²) in [5.41, 5.74) is -1.54. The number of aliphatic hydroxyl groups excluding tert-OH is 1. The maximum atomic E-state index is 11.3. The molecule has 0 saturated heterocycles. The normalized spacial score (nSPS) is 11.1. The number of aliphatic hydroxyl groups is 2. The quantitative estimate of drug-likeness (QED) is 0.403. The fourth-order valence-corrected chi connectivity index (χ4v) is 3.11. The van der Waals surface area contributed by atoms with E-state index in [-0.39, 0.29) is 28.1 Å². The largest absolute Gasteiger partial charge is 0.546 e. The van der Waals surface area contributed by atoms with Crippen molar-refractivity contribution in [3.63, 3.8) is 0 Å². The van der Waals surface area contributed by atoms with Crippen molar-refractivity contribution in [3.8, 4) is 0 Å². The van der Waals surface area contributed by atoms with Crippen LogP contribution in [0.15, 0.2) is 60.7 Å². The minimum atomic E-state index is -2.11. The molecule has 2 rings (SSSR count). The van der Waals surface area contributed by atoms with E-state index in [0.29, 0.717) is 6.61 Å². The molecule has 0 aliphatic rings. The maximum Gasteiger partial charge on any atom is 0.154 e. The van der Waals surface area contributed by atoms with Gasteiger partial charge in [0.2, 0.25) is 0 Å². The van der Waals surface area contributed by atoms with E-state index in [1.807, 2.05) is 0 Å². The van der Waals surface area contributed by atoms with E-state index in [1.54, 1.807) is 60.7 Å². The van der Waals surface area contributed by atoms with Crippen molar-refractivity contribution in [1.29, 1.82) is 0 Å². The lowest BCUT2D eigenvalue weighted by atomic mass is 9.86. The molecule has 0 unspecified atom stereocenters. The number of hydrogen-bond acceptors (Lipinski definition) is 4. The van der Waals surface area contributed by atoms with Gasteiger partial charge in [-0.3, -0.25) is 0 Å². The third-order valence-corrected chi connectivity index (χ3v) is 5.00. The Hall–Kier alpha value is -1.73. The van der Waals surface area contributed by atoms with Gasteiger partial charge in [0.1, 0.15) is 6.54 Å². The number of halogens is 1. The number of carboxylic acid groups (broad SMARTS) is 1. The van der Waals surface area contributed by atoms with Crippen molar-refractivity contribution in [2.24, 2.45) is 0 Å². The molecule has 0 saturated carbocycles. The molecule has 0 aliphatic carbocycles. The van der Waals surface area contributed by atoms with Crippen LogP contribution in [0.2, 0.25) is 0 Å². The summed E-state index contributed by atoms with van der Waals surface area (Å²) in [5.74, 6) is -1.53. The van der Waals surface area contributed by atoms with Gasteiger partial charge in [0.25, 0.3) is 0 Å². The number of carbonyl (C=O) groups is 1. The van der Waals surface area contributed by atoms with Crippen molar-refractivity contribution in [2.75, 3.05) is 33.8 Å². The SMILES string of the molecule is Br.CCCCCC[N+](C)(C)CCO.O=C([O-])C(O)(c1ccccc1)c1ccccc1. The van der Waals surface area contributed by atoms with Gasteiger partial charge in [0, 0.05) is 0 Å². The van der Waals surface area contributed by atoms with Crippen LogP contribution in [-0.2, 0) is 10.4 Å². The molecule has 0 fully saturated rings.